The summed E-state index contributed by atoms with van der Waals surface area (Å²) >= 11 is 9.27. The molecule has 138 valence electrons. The van der Waals surface area contributed by atoms with Gasteiger partial charge in [-0.3, -0.25) is 4.79 Å². The summed E-state index contributed by atoms with van der Waals surface area (Å²) in [6.45, 7) is 1.94. The molecule has 0 bridgehead atoms. The molecular weight excluding hydrogens is 435 g/mol. The van der Waals surface area contributed by atoms with E-state index >= 15 is 0 Å². The summed E-state index contributed by atoms with van der Waals surface area (Å²) < 4.78 is 38.6. The average molecular weight is 449 g/mol. The molecule has 26 heavy (non-hydrogen) atoms. The lowest BCUT2D eigenvalue weighted by molar-refractivity contribution is -0.137. The number of piperazine rings is 1. The van der Waals surface area contributed by atoms with E-state index in [1.807, 2.05) is 4.90 Å². The van der Waals surface area contributed by atoms with Crippen LogP contribution in [0.4, 0.5) is 18.9 Å². The van der Waals surface area contributed by atoms with Crippen LogP contribution in [-0.2, 0) is 6.18 Å². The van der Waals surface area contributed by atoms with Crippen molar-refractivity contribution in [1.82, 2.24) is 9.88 Å². The average Bonchev–Trinajstić information content (AvgIpc) is 2.63. The molecule has 3 rings (SSSR count). The van der Waals surface area contributed by atoms with Crippen molar-refractivity contribution in [2.75, 3.05) is 31.1 Å². The Balaban J connectivity index is 1.65. The van der Waals surface area contributed by atoms with Gasteiger partial charge in [-0.1, -0.05) is 11.6 Å². The monoisotopic (exact) mass is 447 g/mol. The maximum atomic E-state index is 12.6. The second-order valence-electron chi connectivity index (χ2n) is 5.82. The third-order valence-corrected chi connectivity index (χ3v) is 4.90. The largest absolute Gasteiger partial charge is 0.416 e. The number of aromatic nitrogens is 1. The summed E-state index contributed by atoms with van der Waals surface area (Å²) in [5, 5.41) is 0.142. The zero-order valence-corrected chi connectivity index (χ0v) is 15.8. The fraction of sp³-hybridized carbons (Fsp3) is 0.294. The number of anilines is 1. The number of benzene rings is 1. The van der Waals surface area contributed by atoms with E-state index in [4.69, 9.17) is 11.6 Å². The van der Waals surface area contributed by atoms with Gasteiger partial charge in [0, 0.05) is 42.5 Å². The third-order valence-electron chi connectivity index (χ3n) is 4.16. The van der Waals surface area contributed by atoms with Gasteiger partial charge in [-0.15, -0.1) is 0 Å². The zero-order chi connectivity index (χ0) is 18.9. The molecule has 1 aromatic heterocycles. The fourth-order valence-electron chi connectivity index (χ4n) is 2.77. The lowest BCUT2D eigenvalue weighted by Gasteiger charge is -2.36. The van der Waals surface area contributed by atoms with Gasteiger partial charge in [0.15, 0.2) is 0 Å². The predicted octanol–water partition coefficient (Wildman–Crippen LogP) is 4.48. The van der Waals surface area contributed by atoms with Crippen LogP contribution < -0.4 is 4.90 Å². The predicted molar refractivity (Wildman–Crippen MR) is 96.5 cm³/mol. The number of amides is 1. The number of alkyl halides is 3. The van der Waals surface area contributed by atoms with E-state index in [9.17, 15) is 18.0 Å². The molecule has 0 N–H and O–H groups in total. The first-order valence-electron chi connectivity index (χ1n) is 7.78. The Hall–Kier alpha value is -1.80. The summed E-state index contributed by atoms with van der Waals surface area (Å²) in [6, 6.07) is 6.67. The van der Waals surface area contributed by atoms with E-state index in [-0.39, 0.29) is 11.1 Å². The summed E-state index contributed by atoms with van der Waals surface area (Å²) in [5.74, 6) is -0.212. The van der Waals surface area contributed by atoms with Gasteiger partial charge in [0.1, 0.15) is 5.15 Å². The van der Waals surface area contributed by atoms with Gasteiger partial charge in [-0.25, -0.2) is 4.98 Å². The molecule has 1 amide bonds. The minimum atomic E-state index is -4.35. The van der Waals surface area contributed by atoms with Crippen LogP contribution in [0.1, 0.15) is 15.9 Å². The molecule has 0 aliphatic carbocycles. The molecule has 0 saturated carbocycles. The van der Waals surface area contributed by atoms with Crippen LogP contribution in [-0.4, -0.2) is 42.0 Å². The van der Waals surface area contributed by atoms with E-state index in [0.717, 1.165) is 12.1 Å². The van der Waals surface area contributed by atoms with Gasteiger partial charge in [-0.05, 0) is 46.3 Å². The summed E-state index contributed by atoms with van der Waals surface area (Å²) in [4.78, 5) is 20.2. The minimum Gasteiger partial charge on any atom is -0.368 e. The standard InChI is InChI=1S/C17H14BrClF3N3O/c18-12-9-14(15(19)23-10-12)16(26)25-7-5-24(6-8-25)13-3-1-11(2-4-13)17(20,21)22/h1-4,9-10H,5-8H2. The SMILES string of the molecule is O=C(c1cc(Br)cnc1Cl)N1CCN(c2ccc(C(F)(F)F)cc2)CC1. The van der Waals surface area contributed by atoms with Gasteiger partial charge < -0.3 is 9.80 Å². The van der Waals surface area contributed by atoms with E-state index in [2.05, 4.69) is 20.9 Å². The highest BCUT2D eigenvalue weighted by atomic mass is 79.9. The molecule has 1 saturated heterocycles. The van der Waals surface area contributed by atoms with Crippen molar-refractivity contribution in [3.8, 4) is 0 Å². The molecule has 1 fully saturated rings. The molecule has 2 heterocycles. The first-order chi connectivity index (χ1) is 12.3. The first-order valence-corrected chi connectivity index (χ1v) is 8.95. The summed E-state index contributed by atoms with van der Waals surface area (Å²) in [6.07, 6.45) is -2.83. The summed E-state index contributed by atoms with van der Waals surface area (Å²) in [5.41, 5.74) is 0.350. The lowest BCUT2D eigenvalue weighted by Crippen LogP contribution is -2.48. The highest BCUT2D eigenvalue weighted by Gasteiger charge is 2.30. The maximum Gasteiger partial charge on any atom is 0.416 e. The van der Waals surface area contributed by atoms with Crippen LogP contribution in [0.15, 0.2) is 41.0 Å². The highest BCUT2D eigenvalue weighted by Crippen LogP contribution is 2.31. The number of nitrogens with zero attached hydrogens (tertiary/aromatic N) is 3. The third kappa shape index (κ3) is 4.12. The topological polar surface area (TPSA) is 36.4 Å². The molecule has 4 nitrogen and oxygen atoms in total. The van der Waals surface area contributed by atoms with Gasteiger partial charge in [0.05, 0.1) is 11.1 Å². The molecule has 0 radical (unpaired) electrons. The number of hydrogen-bond donors (Lipinski definition) is 0. The van der Waals surface area contributed by atoms with Gasteiger partial charge in [0.25, 0.3) is 5.91 Å². The molecule has 1 aromatic carbocycles. The van der Waals surface area contributed by atoms with E-state index in [1.54, 1.807) is 11.0 Å². The Kier molecular flexibility index (Phi) is 5.43. The maximum absolute atomic E-state index is 12.6. The van der Waals surface area contributed by atoms with E-state index < -0.39 is 11.7 Å². The van der Waals surface area contributed by atoms with Crippen molar-refractivity contribution in [1.29, 1.82) is 0 Å². The van der Waals surface area contributed by atoms with Crippen LogP contribution in [0.5, 0.6) is 0 Å². The van der Waals surface area contributed by atoms with E-state index in [1.165, 1.54) is 18.3 Å². The molecule has 1 aliphatic rings. The smallest absolute Gasteiger partial charge is 0.368 e. The molecule has 1 aliphatic heterocycles. The van der Waals surface area contributed by atoms with Crippen molar-refractivity contribution in [3.63, 3.8) is 0 Å². The van der Waals surface area contributed by atoms with Crippen LogP contribution in [0.25, 0.3) is 0 Å². The Bertz CT molecular complexity index is 806. The second-order valence-corrected chi connectivity index (χ2v) is 7.09. The van der Waals surface area contributed by atoms with Crippen molar-refractivity contribution in [2.24, 2.45) is 0 Å². The van der Waals surface area contributed by atoms with Crippen LogP contribution >= 0.6 is 27.5 Å². The van der Waals surface area contributed by atoms with Gasteiger partial charge in [0.2, 0.25) is 0 Å². The normalized spacial score (nSPS) is 15.3. The number of carbonyl (C=O) groups is 1. The van der Waals surface area contributed by atoms with Crippen molar-refractivity contribution in [2.45, 2.75) is 6.18 Å². The van der Waals surface area contributed by atoms with Crippen LogP contribution in [0.3, 0.4) is 0 Å². The fourth-order valence-corrected chi connectivity index (χ4v) is 3.29. The van der Waals surface area contributed by atoms with Crippen LogP contribution in [0, 0.1) is 0 Å². The minimum absolute atomic E-state index is 0.142. The van der Waals surface area contributed by atoms with Crippen molar-refractivity contribution < 1.29 is 18.0 Å². The second kappa shape index (κ2) is 7.44. The van der Waals surface area contributed by atoms with Crippen molar-refractivity contribution >= 4 is 39.1 Å². The Morgan fingerprint density at radius 3 is 2.31 bits per heavy atom. The molecule has 9 heteroatoms. The quantitative estimate of drug-likeness (QED) is 0.636. The lowest BCUT2D eigenvalue weighted by atomic mass is 10.1. The molecular formula is C17H14BrClF3N3O. The zero-order valence-electron chi connectivity index (χ0n) is 13.4. The van der Waals surface area contributed by atoms with E-state index in [0.29, 0.717) is 41.9 Å². The number of carbonyl (C=O) groups excluding carboxylic acids is 1. The summed E-state index contributed by atoms with van der Waals surface area (Å²) in [7, 11) is 0. The Morgan fingerprint density at radius 2 is 1.73 bits per heavy atom. The molecule has 2 aromatic rings. The Morgan fingerprint density at radius 1 is 1.12 bits per heavy atom. The number of halogens is 5. The highest BCUT2D eigenvalue weighted by molar-refractivity contribution is 9.10. The Labute approximate surface area is 161 Å². The van der Waals surface area contributed by atoms with Gasteiger partial charge in [-0.2, -0.15) is 13.2 Å². The number of pyridine rings is 1. The molecule has 0 unspecified atom stereocenters. The number of rotatable bonds is 2. The molecule has 0 atom stereocenters. The first kappa shape index (κ1) is 19.0. The molecule has 0 spiro atoms. The van der Waals surface area contributed by atoms with Crippen LogP contribution in [0.2, 0.25) is 5.15 Å². The van der Waals surface area contributed by atoms with Gasteiger partial charge >= 0.3 is 6.18 Å². The van der Waals surface area contributed by atoms with Crippen molar-refractivity contribution in [3.05, 3.63) is 57.3 Å². The number of hydrogen-bond acceptors (Lipinski definition) is 3.